The Kier molecular flexibility index (Phi) is 8.24. The molecule has 0 rings (SSSR count). The molecule has 0 fully saturated rings. The summed E-state index contributed by atoms with van der Waals surface area (Å²) in [6.07, 6.45) is 3.77. The number of hydrogen-bond acceptors (Lipinski definition) is 1. The second-order valence-electron chi connectivity index (χ2n) is 5.66. The standard InChI is InChI=1S/C13H27IO/c1-9(2)6-10(3)7-11(4)8-12(5)13(14)15/h9-13,15H,6-8H2,1-5H3. The van der Waals surface area contributed by atoms with Crippen LogP contribution in [0.4, 0.5) is 0 Å². The van der Waals surface area contributed by atoms with Crippen molar-refractivity contribution in [3.63, 3.8) is 0 Å². The fourth-order valence-corrected chi connectivity index (χ4v) is 2.72. The van der Waals surface area contributed by atoms with Gasteiger partial charge in [0.15, 0.2) is 0 Å². The quantitative estimate of drug-likeness (QED) is 0.540. The first-order valence-electron chi connectivity index (χ1n) is 6.15. The molecule has 4 unspecified atom stereocenters. The summed E-state index contributed by atoms with van der Waals surface area (Å²) in [5.74, 6) is 2.78. The van der Waals surface area contributed by atoms with E-state index in [0.29, 0.717) is 5.92 Å². The molecule has 0 saturated heterocycles. The number of alkyl halides is 1. The van der Waals surface area contributed by atoms with Crippen molar-refractivity contribution in [3.05, 3.63) is 0 Å². The van der Waals surface area contributed by atoms with Crippen LogP contribution in [0.25, 0.3) is 0 Å². The fourth-order valence-electron chi connectivity index (χ4n) is 2.43. The van der Waals surface area contributed by atoms with E-state index in [9.17, 15) is 5.11 Å². The minimum Gasteiger partial charge on any atom is -0.382 e. The van der Waals surface area contributed by atoms with Gasteiger partial charge in [0.25, 0.3) is 0 Å². The Morgan fingerprint density at radius 2 is 1.33 bits per heavy atom. The summed E-state index contributed by atoms with van der Waals surface area (Å²) < 4.78 is -0.189. The zero-order chi connectivity index (χ0) is 12.0. The van der Waals surface area contributed by atoms with Crippen LogP contribution in [-0.4, -0.2) is 9.22 Å². The van der Waals surface area contributed by atoms with Crippen molar-refractivity contribution < 1.29 is 5.11 Å². The smallest absolute Gasteiger partial charge is 0.107 e. The highest BCUT2D eigenvalue weighted by Gasteiger charge is 2.16. The Morgan fingerprint density at radius 1 is 0.867 bits per heavy atom. The Balaban J connectivity index is 3.77. The molecule has 2 heteroatoms. The van der Waals surface area contributed by atoms with E-state index in [4.69, 9.17) is 0 Å². The van der Waals surface area contributed by atoms with Gasteiger partial charge >= 0.3 is 0 Å². The SMILES string of the molecule is CC(C)CC(C)CC(C)CC(C)C(O)I. The molecule has 0 amide bonds. The average Bonchev–Trinajstić information content (AvgIpc) is 2.00. The van der Waals surface area contributed by atoms with E-state index < -0.39 is 0 Å². The van der Waals surface area contributed by atoms with Gasteiger partial charge in [-0.3, -0.25) is 0 Å². The van der Waals surface area contributed by atoms with Gasteiger partial charge in [0.05, 0.1) is 0 Å². The number of halogens is 1. The zero-order valence-corrected chi connectivity index (χ0v) is 13.0. The molecular formula is C13H27IO. The molecule has 0 bridgehead atoms. The van der Waals surface area contributed by atoms with Crippen molar-refractivity contribution >= 4 is 22.6 Å². The Hall–Kier alpha value is 0.690. The van der Waals surface area contributed by atoms with Crippen LogP contribution >= 0.6 is 22.6 Å². The van der Waals surface area contributed by atoms with Crippen LogP contribution in [0.3, 0.4) is 0 Å². The lowest BCUT2D eigenvalue weighted by atomic mass is 9.86. The predicted octanol–water partition coefficient (Wildman–Crippen LogP) is 4.47. The Labute approximate surface area is 109 Å². The third-order valence-corrected chi connectivity index (χ3v) is 4.15. The van der Waals surface area contributed by atoms with Gasteiger partial charge in [0, 0.05) is 0 Å². The van der Waals surface area contributed by atoms with E-state index in [1.54, 1.807) is 0 Å². The van der Waals surface area contributed by atoms with Crippen molar-refractivity contribution in [1.29, 1.82) is 0 Å². The van der Waals surface area contributed by atoms with Gasteiger partial charge in [-0.25, -0.2) is 0 Å². The lowest BCUT2D eigenvalue weighted by Crippen LogP contribution is -2.15. The molecule has 0 saturated carbocycles. The summed E-state index contributed by atoms with van der Waals surface area (Å²) >= 11 is 2.11. The zero-order valence-electron chi connectivity index (χ0n) is 10.8. The first kappa shape index (κ1) is 15.7. The average molecular weight is 326 g/mol. The lowest BCUT2D eigenvalue weighted by Gasteiger charge is -2.22. The molecule has 1 nitrogen and oxygen atoms in total. The molecule has 0 radical (unpaired) electrons. The Morgan fingerprint density at radius 3 is 1.73 bits per heavy atom. The maximum absolute atomic E-state index is 9.44. The third-order valence-electron chi connectivity index (χ3n) is 2.92. The molecule has 0 aliphatic carbocycles. The van der Waals surface area contributed by atoms with Crippen LogP contribution in [0.15, 0.2) is 0 Å². The molecule has 1 N–H and O–H groups in total. The number of aliphatic hydroxyl groups is 1. The maximum Gasteiger partial charge on any atom is 0.107 e. The summed E-state index contributed by atoms with van der Waals surface area (Å²) in [6, 6.07) is 0. The highest BCUT2D eigenvalue weighted by molar-refractivity contribution is 14.1. The molecule has 0 aliphatic rings. The van der Waals surface area contributed by atoms with Gasteiger partial charge in [-0.15, -0.1) is 0 Å². The highest BCUT2D eigenvalue weighted by atomic mass is 127. The molecule has 4 atom stereocenters. The number of rotatable bonds is 7. The molecule has 0 aliphatic heterocycles. The second-order valence-corrected chi connectivity index (χ2v) is 6.94. The van der Waals surface area contributed by atoms with Crippen molar-refractivity contribution in [3.8, 4) is 0 Å². The fraction of sp³-hybridized carbons (Fsp3) is 1.00. The van der Waals surface area contributed by atoms with Crippen LogP contribution in [0, 0.1) is 23.7 Å². The highest BCUT2D eigenvalue weighted by Crippen LogP contribution is 2.26. The molecule has 0 aromatic heterocycles. The van der Waals surface area contributed by atoms with Gasteiger partial charge in [-0.2, -0.15) is 0 Å². The summed E-state index contributed by atoms with van der Waals surface area (Å²) in [5, 5.41) is 9.44. The molecule has 0 aromatic carbocycles. The number of hydrogen-bond donors (Lipinski definition) is 1. The van der Waals surface area contributed by atoms with Crippen LogP contribution in [0.2, 0.25) is 0 Å². The molecular weight excluding hydrogens is 299 g/mol. The van der Waals surface area contributed by atoms with Crippen molar-refractivity contribution in [2.45, 2.75) is 58.0 Å². The molecule has 15 heavy (non-hydrogen) atoms. The molecule has 92 valence electrons. The van der Waals surface area contributed by atoms with E-state index in [-0.39, 0.29) is 4.11 Å². The van der Waals surface area contributed by atoms with Crippen molar-refractivity contribution in [2.24, 2.45) is 23.7 Å². The van der Waals surface area contributed by atoms with E-state index in [2.05, 4.69) is 57.2 Å². The van der Waals surface area contributed by atoms with Crippen molar-refractivity contribution in [2.75, 3.05) is 0 Å². The van der Waals surface area contributed by atoms with E-state index in [1.165, 1.54) is 12.8 Å². The topological polar surface area (TPSA) is 20.2 Å². The van der Waals surface area contributed by atoms with Crippen LogP contribution < -0.4 is 0 Å². The summed E-state index contributed by atoms with van der Waals surface area (Å²) in [7, 11) is 0. The maximum atomic E-state index is 9.44. The normalized spacial score (nSPS) is 20.0. The van der Waals surface area contributed by atoms with Crippen molar-refractivity contribution in [1.82, 2.24) is 0 Å². The largest absolute Gasteiger partial charge is 0.382 e. The van der Waals surface area contributed by atoms with Crippen LogP contribution in [0.5, 0.6) is 0 Å². The number of aliphatic hydroxyl groups excluding tert-OH is 1. The van der Waals surface area contributed by atoms with Gasteiger partial charge in [-0.1, -0.05) is 57.2 Å². The minimum atomic E-state index is -0.189. The predicted molar refractivity (Wildman–Crippen MR) is 76.2 cm³/mol. The third kappa shape index (κ3) is 8.49. The van der Waals surface area contributed by atoms with E-state index >= 15 is 0 Å². The molecule has 0 heterocycles. The molecule has 0 spiro atoms. The first-order valence-corrected chi connectivity index (χ1v) is 7.39. The monoisotopic (exact) mass is 326 g/mol. The van der Waals surface area contributed by atoms with Gasteiger partial charge in [0.1, 0.15) is 4.11 Å². The van der Waals surface area contributed by atoms with Gasteiger partial charge in [-0.05, 0) is 42.9 Å². The van der Waals surface area contributed by atoms with E-state index in [1.807, 2.05) is 0 Å². The van der Waals surface area contributed by atoms with Crippen LogP contribution in [0.1, 0.15) is 53.9 Å². The molecule has 0 aromatic rings. The summed E-state index contributed by atoms with van der Waals surface area (Å²) in [4.78, 5) is 0. The van der Waals surface area contributed by atoms with Gasteiger partial charge in [0.2, 0.25) is 0 Å². The summed E-state index contributed by atoms with van der Waals surface area (Å²) in [6.45, 7) is 11.4. The Bertz CT molecular complexity index is 157. The second kappa shape index (κ2) is 7.88. The van der Waals surface area contributed by atoms with E-state index in [0.717, 1.165) is 24.2 Å². The minimum absolute atomic E-state index is 0.189. The van der Waals surface area contributed by atoms with Crippen LogP contribution in [-0.2, 0) is 0 Å². The first-order chi connectivity index (χ1) is 6.82. The summed E-state index contributed by atoms with van der Waals surface area (Å²) in [5.41, 5.74) is 0. The van der Waals surface area contributed by atoms with Gasteiger partial charge < -0.3 is 5.11 Å². The lowest BCUT2D eigenvalue weighted by molar-refractivity contribution is 0.189.